The minimum absolute atomic E-state index is 0.275. The molecular weight excluding hydrogens is 378 g/mol. The third-order valence-corrected chi connectivity index (χ3v) is 5.24. The monoisotopic (exact) mass is 396 g/mol. The third-order valence-electron chi connectivity index (χ3n) is 2.75. The Labute approximate surface area is 128 Å². The van der Waals surface area contributed by atoms with Crippen LogP contribution in [0.15, 0.2) is 18.5 Å². The molecule has 2 heterocycles. The Kier molecular flexibility index (Phi) is 4.73. The van der Waals surface area contributed by atoms with Crippen molar-refractivity contribution in [3.05, 3.63) is 27.8 Å². The molecule has 0 aliphatic heterocycles. The van der Waals surface area contributed by atoms with Gasteiger partial charge in [-0.3, -0.25) is 0 Å². The Morgan fingerprint density at radius 1 is 1.42 bits per heavy atom. The fourth-order valence-electron chi connectivity index (χ4n) is 1.66. The molecule has 0 unspecified atom stereocenters. The van der Waals surface area contributed by atoms with E-state index in [-0.39, 0.29) is 5.82 Å². The van der Waals surface area contributed by atoms with Crippen molar-refractivity contribution in [1.29, 1.82) is 0 Å². The van der Waals surface area contributed by atoms with Gasteiger partial charge in [0.1, 0.15) is 12.4 Å². The second kappa shape index (κ2) is 5.97. The molecular formula is C13H18FIN2OS. The number of ether oxygens (including phenoxy) is 1. The Morgan fingerprint density at radius 2 is 2.16 bits per heavy atom. The summed E-state index contributed by atoms with van der Waals surface area (Å²) in [7, 11) is -0.521. The number of nitrogens with zero attached hydrogens (tertiary/aromatic N) is 2. The van der Waals surface area contributed by atoms with Crippen molar-refractivity contribution < 1.29 is 9.13 Å². The molecule has 19 heavy (non-hydrogen) atoms. The molecule has 0 saturated carbocycles. The zero-order valence-electron chi connectivity index (χ0n) is 11.3. The van der Waals surface area contributed by atoms with Gasteiger partial charge in [-0.25, -0.2) is 19.4 Å². The molecule has 0 radical (unpaired) electrons. The van der Waals surface area contributed by atoms with Crippen molar-refractivity contribution >= 4 is 43.7 Å². The lowest BCUT2D eigenvalue weighted by molar-refractivity contribution is 0.0923. The quantitative estimate of drug-likeness (QED) is 0.572. The summed E-state index contributed by atoms with van der Waals surface area (Å²) in [4.78, 5) is 4.14. The van der Waals surface area contributed by atoms with Gasteiger partial charge in [-0.05, 0) is 47.4 Å². The molecule has 3 nitrogen and oxygen atoms in total. The molecule has 0 N–H and O–H groups in total. The van der Waals surface area contributed by atoms with Crippen molar-refractivity contribution in [2.75, 3.05) is 31.1 Å². The minimum atomic E-state index is -0.521. The van der Waals surface area contributed by atoms with E-state index in [1.807, 2.05) is 39.4 Å². The molecule has 0 fully saturated rings. The van der Waals surface area contributed by atoms with Crippen LogP contribution in [0, 0.1) is 9.39 Å². The molecule has 0 bridgehead atoms. The smallest absolute Gasteiger partial charge is 0.155 e. The van der Waals surface area contributed by atoms with Gasteiger partial charge < -0.3 is 9.30 Å². The van der Waals surface area contributed by atoms with E-state index >= 15 is 0 Å². The average Bonchev–Trinajstić information content (AvgIpc) is 2.72. The number of halogens is 2. The van der Waals surface area contributed by atoms with Gasteiger partial charge in [-0.1, -0.05) is 0 Å². The van der Waals surface area contributed by atoms with E-state index in [0.29, 0.717) is 10.3 Å². The second-order valence-corrected chi connectivity index (χ2v) is 10.9. The lowest BCUT2D eigenvalue weighted by Gasteiger charge is -2.24. The van der Waals surface area contributed by atoms with Crippen LogP contribution < -0.4 is 0 Å². The first-order chi connectivity index (χ1) is 8.88. The van der Waals surface area contributed by atoms with E-state index in [0.717, 1.165) is 23.4 Å². The van der Waals surface area contributed by atoms with Gasteiger partial charge in [0.25, 0.3) is 0 Å². The maximum absolute atomic E-state index is 13.4. The van der Waals surface area contributed by atoms with Crippen molar-refractivity contribution in [1.82, 2.24) is 9.55 Å². The lowest BCUT2D eigenvalue weighted by atomic mass is 10.3. The van der Waals surface area contributed by atoms with Gasteiger partial charge in [-0.15, -0.1) is 0 Å². The Bertz CT molecular complexity index is 580. The lowest BCUT2D eigenvalue weighted by Crippen LogP contribution is -2.09. The van der Waals surface area contributed by atoms with Crippen molar-refractivity contribution in [3.8, 4) is 0 Å². The van der Waals surface area contributed by atoms with Crippen LogP contribution in [0.1, 0.15) is 0 Å². The molecule has 0 spiro atoms. The normalized spacial score (nSPS) is 13.1. The molecule has 6 heteroatoms. The molecule has 0 amide bonds. The highest BCUT2D eigenvalue weighted by Gasteiger charge is 2.10. The molecule has 2 aromatic heterocycles. The highest BCUT2D eigenvalue weighted by atomic mass is 127. The van der Waals surface area contributed by atoms with E-state index in [9.17, 15) is 4.39 Å². The first-order valence-electron chi connectivity index (χ1n) is 5.91. The van der Waals surface area contributed by atoms with Crippen LogP contribution in [0.25, 0.3) is 11.0 Å². The van der Waals surface area contributed by atoms with Gasteiger partial charge in [-0.2, -0.15) is 0 Å². The third kappa shape index (κ3) is 3.82. The van der Waals surface area contributed by atoms with E-state index in [4.69, 9.17) is 4.74 Å². The number of fused-ring (bicyclic) bond motifs is 1. The highest BCUT2D eigenvalue weighted by molar-refractivity contribution is 14.1. The highest BCUT2D eigenvalue weighted by Crippen LogP contribution is 2.33. The fraction of sp³-hybridized carbons (Fsp3) is 0.462. The summed E-state index contributed by atoms with van der Waals surface area (Å²) in [6, 6.07) is 1.88. The molecule has 106 valence electrons. The fourth-order valence-corrected chi connectivity index (χ4v) is 2.84. The Balaban J connectivity index is 2.04. The topological polar surface area (TPSA) is 27.1 Å². The van der Waals surface area contributed by atoms with Crippen molar-refractivity contribution in [2.24, 2.45) is 0 Å². The second-order valence-electron chi connectivity index (χ2n) is 5.28. The minimum Gasteiger partial charge on any atom is -0.360 e. The van der Waals surface area contributed by atoms with E-state index < -0.39 is 10.0 Å². The number of hydrogen-bond donors (Lipinski definition) is 0. The van der Waals surface area contributed by atoms with Gasteiger partial charge in [0.2, 0.25) is 0 Å². The summed E-state index contributed by atoms with van der Waals surface area (Å²) in [5.41, 5.74) is 0.772. The molecule has 2 rings (SSSR count). The maximum Gasteiger partial charge on any atom is 0.155 e. The van der Waals surface area contributed by atoms with Crippen LogP contribution in [-0.4, -0.2) is 40.7 Å². The molecule has 0 aliphatic carbocycles. The Morgan fingerprint density at radius 3 is 2.84 bits per heavy atom. The maximum atomic E-state index is 13.4. The van der Waals surface area contributed by atoms with Crippen LogP contribution in [0.3, 0.4) is 0 Å². The first kappa shape index (κ1) is 15.1. The first-order valence-corrected chi connectivity index (χ1v) is 10.0. The van der Waals surface area contributed by atoms with Crippen LogP contribution in [0.4, 0.5) is 4.39 Å². The van der Waals surface area contributed by atoms with Crippen LogP contribution in [-0.2, 0) is 11.5 Å². The Hall–Kier alpha value is -0.340. The van der Waals surface area contributed by atoms with Crippen molar-refractivity contribution in [2.45, 2.75) is 6.73 Å². The summed E-state index contributed by atoms with van der Waals surface area (Å²) >= 11 is 2.01. The van der Waals surface area contributed by atoms with Gasteiger partial charge in [0.05, 0.1) is 16.4 Å². The summed E-state index contributed by atoms with van der Waals surface area (Å²) in [5.74, 6) is 0.814. The van der Waals surface area contributed by atoms with Crippen LogP contribution >= 0.6 is 32.6 Å². The summed E-state index contributed by atoms with van der Waals surface area (Å²) in [6.45, 7) is 1.21. The standard InChI is InChI=1S/C13H18FIN2OS/c1-19(2,3)7-6-18-9-17-5-4-10-12(15)11(14)8-16-13(10)17/h4-5,8H,6-7,9H2,1-3H3. The van der Waals surface area contributed by atoms with Crippen LogP contribution in [0.5, 0.6) is 0 Å². The molecule has 0 saturated heterocycles. The van der Waals surface area contributed by atoms with E-state index in [1.54, 1.807) is 0 Å². The number of hydrogen-bond acceptors (Lipinski definition) is 2. The van der Waals surface area contributed by atoms with Crippen molar-refractivity contribution in [3.63, 3.8) is 0 Å². The van der Waals surface area contributed by atoms with Crippen LogP contribution in [0.2, 0.25) is 0 Å². The summed E-state index contributed by atoms with van der Waals surface area (Å²) in [6.07, 6.45) is 9.97. The predicted molar refractivity (Wildman–Crippen MR) is 88.6 cm³/mol. The van der Waals surface area contributed by atoms with E-state index in [1.165, 1.54) is 6.20 Å². The molecule has 0 aromatic carbocycles. The molecule has 0 aliphatic rings. The summed E-state index contributed by atoms with van der Waals surface area (Å²) in [5, 5.41) is 0.839. The largest absolute Gasteiger partial charge is 0.360 e. The van der Waals surface area contributed by atoms with Gasteiger partial charge in [0, 0.05) is 17.3 Å². The zero-order valence-corrected chi connectivity index (χ0v) is 14.3. The van der Waals surface area contributed by atoms with Gasteiger partial charge in [0.15, 0.2) is 5.82 Å². The SMILES string of the molecule is CS(C)(C)CCOCn1ccc2c(I)c(F)cnc21. The van der Waals surface area contributed by atoms with E-state index in [2.05, 4.69) is 23.8 Å². The predicted octanol–water partition coefficient (Wildman–Crippen LogP) is 3.45. The zero-order chi connectivity index (χ0) is 14.0. The number of aromatic nitrogens is 2. The van der Waals surface area contributed by atoms with Gasteiger partial charge >= 0.3 is 0 Å². The number of rotatable bonds is 5. The average molecular weight is 396 g/mol. The summed E-state index contributed by atoms with van der Waals surface area (Å²) < 4.78 is 21.6. The molecule has 0 atom stereocenters. The molecule has 2 aromatic rings. The number of pyridine rings is 1.